The van der Waals surface area contributed by atoms with Gasteiger partial charge in [0.1, 0.15) is 5.01 Å². The van der Waals surface area contributed by atoms with Crippen LogP contribution in [0.4, 0.5) is 18.3 Å². The van der Waals surface area contributed by atoms with Gasteiger partial charge in [-0.15, -0.1) is 10.2 Å². The first-order chi connectivity index (χ1) is 8.00. The predicted molar refractivity (Wildman–Crippen MR) is 58.2 cm³/mol. The molecule has 0 atom stereocenters. The normalized spacial score (nSPS) is 11.5. The quantitative estimate of drug-likeness (QED) is 0.643. The van der Waals surface area contributed by atoms with Crippen LogP contribution >= 0.6 is 11.3 Å². The maximum atomic E-state index is 12.5. The van der Waals surface area contributed by atoms with Gasteiger partial charge in [-0.2, -0.15) is 13.2 Å². The van der Waals surface area contributed by atoms with E-state index in [2.05, 4.69) is 15.6 Å². The van der Waals surface area contributed by atoms with Crippen molar-refractivity contribution in [1.82, 2.24) is 10.2 Å². The Labute approximate surface area is 98.3 Å². The van der Waals surface area contributed by atoms with E-state index in [0.29, 0.717) is 15.7 Å². The molecule has 0 radical (unpaired) electrons. The van der Waals surface area contributed by atoms with E-state index in [9.17, 15) is 13.2 Å². The first-order valence-electron chi connectivity index (χ1n) is 4.48. The highest BCUT2D eigenvalue weighted by molar-refractivity contribution is 7.18. The fourth-order valence-electron chi connectivity index (χ4n) is 1.23. The molecule has 0 unspecified atom stereocenters. The maximum Gasteiger partial charge on any atom is 0.416 e. The molecule has 0 fully saturated rings. The van der Waals surface area contributed by atoms with Crippen molar-refractivity contribution < 1.29 is 13.2 Å². The van der Waals surface area contributed by atoms with Crippen LogP contribution in [0.2, 0.25) is 0 Å². The number of benzene rings is 1. The summed E-state index contributed by atoms with van der Waals surface area (Å²) in [6.07, 6.45) is -4.37. The molecule has 0 saturated carbocycles. The summed E-state index contributed by atoms with van der Waals surface area (Å²) in [4.78, 5) is 0. The Morgan fingerprint density at radius 1 is 1.24 bits per heavy atom. The molecule has 2 rings (SSSR count). The summed E-state index contributed by atoms with van der Waals surface area (Å²) in [7, 11) is 0. The summed E-state index contributed by atoms with van der Waals surface area (Å²) in [5.41, 5.74) is 1.93. The van der Waals surface area contributed by atoms with E-state index >= 15 is 0 Å². The summed E-state index contributed by atoms with van der Waals surface area (Å²) in [5.74, 6) is 5.12. The second-order valence-electron chi connectivity index (χ2n) is 3.14. The number of hydrogen-bond donors (Lipinski definition) is 2. The lowest BCUT2D eigenvalue weighted by Gasteiger charge is -2.06. The summed E-state index contributed by atoms with van der Waals surface area (Å²) in [6.45, 7) is 0. The number of nitrogens with zero attached hydrogens (tertiary/aromatic N) is 2. The molecule has 90 valence electrons. The van der Waals surface area contributed by atoms with Gasteiger partial charge in [0.15, 0.2) is 0 Å². The van der Waals surface area contributed by atoms with E-state index < -0.39 is 11.7 Å². The van der Waals surface area contributed by atoms with Crippen LogP contribution in [-0.2, 0) is 6.18 Å². The minimum atomic E-state index is -4.37. The topological polar surface area (TPSA) is 63.8 Å². The smallest absolute Gasteiger partial charge is 0.298 e. The van der Waals surface area contributed by atoms with Crippen LogP contribution in [0.3, 0.4) is 0 Å². The van der Waals surface area contributed by atoms with Crippen molar-refractivity contribution >= 4 is 16.5 Å². The Hall–Kier alpha value is -1.67. The van der Waals surface area contributed by atoms with Gasteiger partial charge >= 0.3 is 6.18 Å². The van der Waals surface area contributed by atoms with Gasteiger partial charge in [0.2, 0.25) is 5.13 Å². The molecule has 0 aliphatic heterocycles. The molecule has 0 aliphatic rings. The first-order valence-corrected chi connectivity index (χ1v) is 5.30. The average Bonchev–Trinajstić information content (AvgIpc) is 2.76. The Bertz CT molecular complexity index is 523. The van der Waals surface area contributed by atoms with E-state index in [-0.39, 0.29) is 0 Å². The third-order valence-electron chi connectivity index (χ3n) is 1.99. The zero-order chi connectivity index (χ0) is 12.5. The number of nitrogens with one attached hydrogen (secondary N) is 1. The van der Waals surface area contributed by atoms with Gasteiger partial charge in [0, 0.05) is 5.56 Å². The Morgan fingerprint density at radius 2 is 2.00 bits per heavy atom. The number of rotatable bonds is 2. The number of anilines is 1. The monoisotopic (exact) mass is 260 g/mol. The molecule has 0 bridgehead atoms. The third kappa shape index (κ3) is 2.53. The zero-order valence-electron chi connectivity index (χ0n) is 8.32. The molecule has 8 heteroatoms. The second-order valence-corrected chi connectivity index (χ2v) is 4.11. The van der Waals surface area contributed by atoms with Gasteiger partial charge in [-0.3, -0.25) is 5.43 Å². The Balaban J connectivity index is 2.39. The lowest BCUT2D eigenvalue weighted by Crippen LogP contribution is -2.05. The Morgan fingerprint density at radius 3 is 2.59 bits per heavy atom. The molecule has 0 aliphatic carbocycles. The fourth-order valence-corrected chi connectivity index (χ4v) is 1.88. The first kappa shape index (κ1) is 11.8. The number of hydrazine groups is 1. The number of nitrogen functional groups attached to an aromatic ring is 1. The highest BCUT2D eigenvalue weighted by Gasteiger charge is 2.30. The molecule has 4 nitrogen and oxygen atoms in total. The molecular formula is C9H7F3N4S. The summed E-state index contributed by atoms with van der Waals surface area (Å²) < 4.78 is 37.5. The highest BCUT2D eigenvalue weighted by Crippen LogP contribution is 2.33. The molecule has 0 amide bonds. The minimum Gasteiger partial charge on any atom is -0.298 e. The average molecular weight is 260 g/mol. The van der Waals surface area contributed by atoms with Crippen LogP contribution in [0.25, 0.3) is 10.6 Å². The van der Waals surface area contributed by atoms with E-state index in [1.165, 1.54) is 12.1 Å². The molecule has 17 heavy (non-hydrogen) atoms. The van der Waals surface area contributed by atoms with Gasteiger partial charge in [-0.25, -0.2) is 5.84 Å². The van der Waals surface area contributed by atoms with Gasteiger partial charge in [0.05, 0.1) is 5.56 Å². The molecule has 3 N–H and O–H groups in total. The summed E-state index contributed by atoms with van der Waals surface area (Å²) >= 11 is 1.08. The van der Waals surface area contributed by atoms with Crippen molar-refractivity contribution in [1.29, 1.82) is 0 Å². The number of aromatic nitrogens is 2. The van der Waals surface area contributed by atoms with E-state index in [0.717, 1.165) is 23.5 Å². The second kappa shape index (κ2) is 4.30. The summed E-state index contributed by atoms with van der Waals surface area (Å²) in [6, 6.07) is 4.90. The van der Waals surface area contributed by atoms with E-state index in [1.54, 1.807) is 0 Å². The van der Waals surface area contributed by atoms with Crippen LogP contribution in [0, 0.1) is 0 Å². The van der Waals surface area contributed by atoms with Gasteiger partial charge < -0.3 is 0 Å². The predicted octanol–water partition coefficient (Wildman–Crippen LogP) is 2.51. The third-order valence-corrected chi connectivity index (χ3v) is 2.89. The largest absolute Gasteiger partial charge is 0.416 e. The van der Waals surface area contributed by atoms with Crippen LogP contribution in [-0.4, -0.2) is 10.2 Å². The van der Waals surface area contributed by atoms with Crippen molar-refractivity contribution in [2.45, 2.75) is 6.18 Å². The standard InChI is InChI=1S/C9H7F3N4S/c10-9(11,12)6-3-1-2-5(4-6)7-15-16-8(14-13)17-7/h1-4H,13H2,(H,14,16). The van der Waals surface area contributed by atoms with Crippen molar-refractivity contribution in [2.24, 2.45) is 5.84 Å². The Kier molecular flexibility index (Phi) is 2.99. The van der Waals surface area contributed by atoms with E-state index in [4.69, 9.17) is 5.84 Å². The zero-order valence-corrected chi connectivity index (χ0v) is 9.14. The lowest BCUT2D eigenvalue weighted by atomic mass is 10.1. The number of halogens is 3. The maximum absolute atomic E-state index is 12.5. The van der Waals surface area contributed by atoms with Crippen LogP contribution in [0.15, 0.2) is 24.3 Å². The van der Waals surface area contributed by atoms with Crippen LogP contribution < -0.4 is 11.3 Å². The van der Waals surface area contributed by atoms with Crippen molar-refractivity contribution in [3.8, 4) is 10.6 Å². The summed E-state index contributed by atoms with van der Waals surface area (Å²) in [5, 5.41) is 8.12. The number of alkyl halides is 3. The van der Waals surface area contributed by atoms with Crippen molar-refractivity contribution in [2.75, 3.05) is 5.43 Å². The molecular weight excluding hydrogens is 253 g/mol. The number of hydrogen-bond acceptors (Lipinski definition) is 5. The molecule has 0 spiro atoms. The van der Waals surface area contributed by atoms with Crippen molar-refractivity contribution in [3.05, 3.63) is 29.8 Å². The molecule has 1 aromatic heterocycles. The van der Waals surface area contributed by atoms with Gasteiger partial charge in [-0.1, -0.05) is 23.5 Å². The molecule has 0 saturated heterocycles. The molecule has 2 aromatic rings. The van der Waals surface area contributed by atoms with E-state index in [1.807, 2.05) is 0 Å². The van der Waals surface area contributed by atoms with Crippen molar-refractivity contribution in [3.63, 3.8) is 0 Å². The lowest BCUT2D eigenvalue weighted by molar-refractivity contribution is -0.137. The molecule has 1 heterocycles. The van der Waals surface area contributed by atoms with Crippen LogP contribution in [0.1, 0.15) is 5.56 Å². The number of nitrogens with two attached hydrogens (primary N) is 1. The van der Waals surface area contributed by atoms with Crippen LogP contribution in [0.5, 0.6) is 0 Å². The highest BCUT2D eigenvalue weighted by atomic mass is 32.1. The fraction of sp³-hybridized carbons (Fsp3) is 0.111. The van der Waals surface area contributed by atoms with Gasteiger partial charge in [-0.05, 0) is 12.1 Å². The minimum absolute atomic E-state index is 0.345. The SMILES string of the molecule is NNc1nnc(-c2cccc(C(F)(F)F)c2)s1. The van der Waals surface area contributed by atoms with Gasteiger partial charge in [0.25, 0.3) is 0 Å². The molecule has 1 aromatic carbocycles.